The Morgan fingerprint density at radius 2 is 2.45 bits per heavy atom. The van der Waals surface area contributed by atoms with Gasteiger partial charge in [0.2, 0.25) is 0 Å². The van der Waals surface area contributed by atoms with Crippen LogP contribution in [-0.2, 0) is 6.54 Å². The van der Waals surface area contributed by atoms with E-state index in [1.807, 2.05) is 19.2 Å². The molecule has 0 spiro atoms. The molecule has 0 aliphatic heterocycles. The monoisotopic (exact) mass is 148 g/mol. The summed E-state index contributed by atoms with van der Waals surface area (Å²) >= 11 is 0. The third-order valence-corrected chi connectivity index (χ3v) is 1.55. The Balaban J connectivity index is 3.16. The Morgan fingerprint density at radius 1 is 1.73 bits per heavy atom. The van der Waals surface area contributed by atoms with Crippen molar-refractivity contribution in [3.05, 3.63) is 35.7 Å². The summed E-state index contributed by atoms with van der Waals surface area (Å²) in [7, 11) is 0. The predicted molar refractivity (Wildman–Crippen MR) is 47.0 cm³/mol. The minimum atomic E-state index is 0.474. The maximum Gasteiger partial charge on any atom is 0.0611 e. The normalized spacial score (nSPS) is 9.64. The second-order valence-electron chi connectivity index (χ2n) is 2.46. The lowest BCUT2D eigenvalue weighted by molar-refractivity contribution is 0.979. The molecule has 0 aromatic carbocycles. The van der Waals surface area contributed by atoms with Crippen molar-refractivity contribution in [3.8, 4) is 0 Å². The van der Waals surface area contributed by atoms with Gasteiger partial charge < -0.3 is 5.73 Å². The van der Waals surface area contributed by atoms with Gasteiger partial charge in [-0.1, -0.05) is 12.7 Å². The molecule has 11 heavy (non-hydrogen) atoms. The van der Waals surface area contributed by atoms with Crippen LogP contribution in [0.5, 0.6) is 0 Å². The van der Waals surface area contributed by atoms with Crippen LogP contribution in [-0.4, -0.2) is 4.98 Å². The SMILES string of the molecule is C=Cc1cc(C)cnc1CN. The fourth-order valence-corrected chi connectivity index (χ4v) is 0.967. The van der Waals surface area contributed by atoms with E-state index in [2.05, 4.69) is 11.6 Å². The van der Waals surface area contributed by atoms with E-state index >= 15 is 0 Å². The van der Waals surface area contributed by atoms with Crippen LogP contribution < -0.4 is 5.73 Å². The van der Waals surface area contributed by atoms with Gasteiger partial charge in [0.25, 0.3) is 0 Å². The molecule has 2 N–H and O–H groups in total. The quantitative estimate of drug-likeness (QED) is 0.690. The number of hydrogen-bond donors (Lipinski definition) is 1. The molecule has 0 radical (unpaired) electrons. The van der Waals surface area contributed by atoms with Gasteiger partial charge in [0.05, 0.1) is 5.69 Å². The zero-order valence-corrected chi connectivity index (χ0v) is 6.67. The van der Waals surface area contributed by atoms with E-state index in [0.29, 0.717) is 6.54 Å². The van der Waals surface area contributed by atoms with Crippen molar-refractivity contribution in [1.29, 1.82) is 0 Å². The maximum absolute atomic E-state index is 5.47. The van der Waals surface area contributed by atoms with Crippen molar-refractivity contribution in [3.63, 3.8) is 0 Å². The minimum Gasteiger partial charge on any atom is -0.325 e. The number of rotatable bonds is 2. The Labute approximate surface area is 66.8 Å². The van der Waals surface area contributed by atoms with Crippen LogP contribution in [0.2, 0.25) is 0 Å². The van der Waals surface area contributed by atoms with Gasteiger partial charge >= 0.3 is 0 Å². The first kappa shape index (κ1) is 7.95. The first-order chi connectivity index (χ1) is 5.27. The van der Waals surface area contributed by atoms with E-state index in [0.717, 1.165) is 16.8 Å². The molecule has 2 nitrogen and oxygen atoms in total. The van der Waals surface area contributed by atoms with E-state index < -0.39 is 0 Å². The van der Waals surface area contributed by atoms with Crippen LogP contribution in [0.1, 0.15) is 16.8 Å². The molecule has 1 aromatic rings. The van der Waals surface area contributed by atoms with Gasteiger partial charge in [0.1, 0.15) is 0 Å². The minimum absolute atomic E-state index is 0.474. The molecule has 1 heterocycles. The Hall–Kier alpha value is -1.15. The smallest absolute Gasteiger partial charge is 0.0611 e. The highest BCUT2D eigenvalue weighted by atomic mass is 14.7. The number of aryl methyl sites for hydroxylation is 1. The van der Waals surface area contributed by atoms with E-state index in [1.54, 1.807) is 6.08 Å². The Morgan fingerprint density at radius 3 is 3.00 bits per heavy atom. The topological polar surface area (TPSA) is 38.9 Å². The molecular weight excluding hydrogens is 136 g/mol. The van der Waals surface area contributed by atoms with Gasteiger partial charge in [0, 0.05) is 12.7 Å². The van der Waals surface area contributed by atoms with E-state index in [-0.39, 0.29) is 0 Å². The summed E-state index contributed by atoms with van der Waals surface area (Å²) in [5, 5.41) is 0. The van der Waals surface area contributed by atoms with Gasteiger partial charge in [0.15, 0.2) is 0 Å². The number of pyridine rings is 1. The summed E-state index contributed by atoms with van der Waals surface area (Å²) in [5.41, 5.74) is 8.54. The first-order valence-corrected chi connectivity index (χ1v) is 3.56. The molecule has 0 fully saturated rings. The van der Waals surface area contributed by atoms with Gasteiger partial charge in [-0.05, 0) is 24.1 Å². The molecule has 0 saturated carbocycles. The Kier molecular flexibility index (Phi) is 2.39. The summed E-state index contributed by atoms with van der Waals surface area (Å²) in [4.78, 5) is 4.17. The second kappa shape index (κ2) is 3.30. The van der Waals surface area contributed by atoms with Crippen molar-refractivity contribution >= 4 is 6.08 Å². The van der Waals surface area contributed by atoms with Crippen molar-refractivity contribution < 1.29 is 0 Å². The van der Waals surface area contributed by atoms with Crippen molar-refractivity contribution in [1.82, 2.24) is 4.98 Å². The van der Waals surface area contributed by atoms with Gasteiger partial charge in [-0.15, -0.1) is 0 Å². The van der Waals surface area contributed by atoms with Crippen LogP contribution in [0, 0.1) is 6.92 Å². The molecule has 0 atom stereocenters. The lowest BCUT2D eigenvalue weighted by Gasteiger charge is -2.01. The van der Waals surface area contributed by atoms with E-state index in [4.69, 9.17) is 5.73 Å². The lowest BCUT2D eigenvalue weighted by atomic mass is 10.1. The highest BCUT2D eigenvalue weighted by Gasteiger charge is 1.97. The first-order valence-electron chi connectivity index (χ1n) is 3.56. The second-order valence-corrected chi connectivity index (χ2v) is 2.46. The lowest BCUT2D eigenvalue weighted by Crippen LogP contribution is -2.02. The molecule has 58 valence electrons. The molecule has 0 bridgehead atoms. The summed E-state index contributed by atoms with van der Waals surface area (Å²) in [6.07, 6.45) is 3.59. The van der Waals surface area contributed by atoms with Gasteiger partial charge in [-0.2, -0.15) is 0 Å². The number of nitrogens with two attached hydrogens (primary N) is 1. The van der Waals surface area contributed by atoms with E-state index in [9.17, 15) is 0 Å². The molecule has 0 aliphatic carbocycles. The number of hydrogen-bond acceptors (Lipinski definition) is 2. The zero-order chi connectivity index (χ0) is 8.27. The summed E-state index contributed by atoms with van der Waals surface area (Å²) in [5.74, 6) is 0. The molecule has 2 heteroatoms. The molecule has 1 rings (SSSR count). The average Bonchev–Trinajstić information content (AvgIpc) is 2.04. The number of nitrogens with zero attached hydrogens (tertiary/aromatic N) is 1. The van der Waals surface area contributed by atoms with Crippen LogP contribution in [0.4, 0.5) is 0 Å². The summed E-state index contributed by atoms with van der Waals surface area (Å²) in [6, 6.07) is 2.03. The predicted octanol–water partition coefficient (Wildman–Crippen LogP) is 1.49. The molecule has 0 saturated heterocycles. The highest BCUT2D eigenvalue weighted by molar-refractivity contribution is 5.50. The summed E-state index contributed by atoms with van der Waals surface area (Å²) in [6.45, 7) is 6.16. The molecule has 0 aliphatic rings. The highest BCUT2D eigenvalue weighted by Crippen LogP contribution is 2.08. The third kappa shape index (κ3) is 1.65. The van der Waals surface area contributed by atoms with Gasteiger partial charge in [-0.25, -0.2) is 0 Å². The maximum atomic E-state index is 5.47. The molecule has 1 aromatic heterocycles. The zero-order valence-electron chi connectivity index (χ0n) is 6.67. The van der Waals surface area contributed by atoms with Crippen LogP contribution in [0.25, 0.3) is 6.08 Å². The molecule has 0 unspecified atom stereocenters. The van der Waals surface area contributed by atoms with Crippen LogP contribution >= 0.6 is 0 Å². The van der Waals surface area contributed by atoms with Crippen molar-refractivity contribution in [2.75, 3.05) is 0 Å². The standard InChI is InChI=1S/C9H12N2/c1-3-8-4-7(2)6-11-9(8)5-10/h3-4,6H,1,5,10H2,2H3. The van der Waals surface area contributed by atoms with Gasteiger partial charge in [-0.3, -0.25) is 4.98 Å². The molecular formula is C9H12N2. The van der Waals surface area contributed by atoms with Crippen molar-refractivity contribution in [2.45, 2.75) is 13.5 Å². The largest absolute Gasteiger partial charge is 0.325 e. The number of aromatic nitrogens is 1. The third-order valence-electron chi connectivity index (χ3n) is 1.55. The average molecular weight is 148 g/mol. The van der Waals surface area contributed by atoms with Crippen LogP contribution in [0.3, 0.4) is 0 Å². The fourth-order valence-electron chi connectivity index (χ4n) is 0.967. The fraction of sp³-hybridized carbons (Fsp3) is 0.222. The van der Waals surface area contributed by atoms with Crippen molar-refractivity contribution in [2.24, 2.45) is 5.73 Å². The molecule has 0 amide bonds. The Bertz CT molecular complexity index is 266. The summed E-state index contributed by atoms with van der Waals surface area (Å²) < 4.78 is 0. The van der Waals surface area contributed by atoms with Crippen LogP contribution in [0.15, 0.2) is 18.8 Å². The van der Waals surface area contributed by atoms with E-state index in [1.165, 1.54) is 0 Å².